The number of hydrogen-bond donors (Lipinski definition) is 1. The molecule has 0 bridgehead atoms. The maximum absolute atomic E-state index is 10.9. The highest BCUT2D eigenvalue weighted by molar-refractivity contribution is 7.99. The summed E-state index contributed by atoms with van der Waals surface area (Å²) < 4.78 is 2.18. The summed E-state index contributed by atoms with van der Waals surface area (Å²) in [4.78, 5) is 10.9. The molecule has 0 saturated heterocycles. The van der Waals surface area contributed by atoms with E-state index >= 15 is 0 Å². The number of carbonyl (C=O) groups is 1. The number of thioether (sulfide) groups is 1. The number of aromatic nitrogens is 1. The molecule has 0 atom stereocenters. The summed E-state index contributed by atoms with van der Waals surface area (Å²) in [5, 5.41) is 10.0. The average Bonchev–Trinajstić information content (AvgIpc) is 2.73. The van der Waals surface area contributed by atoms with Crippen LogP contribution in [0.2, 0.25) is 0 Å². The Morgan fingerprint density at radius 3 is 2.89 bits per heavy atom. The van der Waals surface area contributed by atoms with Crippen molar-refractivity contribution in [2.24, 2.45) is 0 Å². The van der Waals surface area contributed by atoms with Gasteiger partial charge in [-0.1, -0.05) is 25.1 Å². The van der Waals surface area contributed by atoms with Gasteiger partial charge in [-0.3, -0.25) is 4.79 Å². The lowest BCUT2D eigenvalue weighted by Crippen LogP contribution is -2.00. The number of carboxylic acid groups (broad SMARTS) is 1. The largest absolute Gasteiger partial charge is 0.481 e. The van der Waals surface area contributed by atoms with Gasteiger partial charge in [-0.25, -0.2) is 0 Å². The molecular weight excluding hydrogens is 258 g/mol. The smallest absolute Gasteiger partial charge is 0.307 e. The molecule has 0 spiro atoms. The molecule has 4 heteroatoms. The first kappa shape index (κ1) is 14.0. The van der Waals surface area contributed by atoms with Gasteiger partial charge in [0, 0.05) is 23.6 Å². The molecule has 1 N–H and O–H groups in total. The van der Waals surface area contributed by atoms with Gasteiger partial charge in [0.2, 0.25) is 0 Å². The number of aliphatic carboxylic acids is 1. The Balaban J connectivity index is 2.20. The molecule has 0 saturated carbocycles. The number of benzene rings is 1. The van der Waals surface area contributed by atoms with E-state index in [1.807, 2.05) is 36.2 Å². The molecule has 1 heterocycles. The van der Waals surface area contributed by atoms with Crippen molar-refractivity contribution < 1.29 is 9.90 Å². The monoisotopic (exact) mass is 277 g/mol. The van der Waals surface area contributed by atoms with Crippen LogP contribution in [0.4, 0.5) is 0 Å². The van der Waals surface area contributed by atoms with Gasteiger partial charge in [0.1, 0.15) is 0 Å². The van der Waals surface area contributed by atoms with E-state index in [1.165, 1.54) is 0 Å². The van der Waals surface area contributed by atoms with Crippen molar-refractivity contribution in [1.82, 2.24) is 4.57 Å². The fraction of sp³-hybridized carbons (Fsp3) is 0.400. The summed E-state index contributed by atoms with van der Waals surface area (Å²) in [5.41, 5.74) is 2.05. The zero-order valence-electron chi connectivity index (χ0n) is 11.1. The first-order chi connectivity index (χ1) is 9.22. The fourth-order valence-electron chi connectivity index (χ4n) is 2.29. The number of carboxylic acids is 1. The summed E-state index contributed by atoms with van der Waals surface area (Å²) in [7, 11) is 0. The number of nitrogens with zero attached hydrogens (tertiary/aromatic N) is 1. The molecule has 102 valence electrons. The number of fused-ring (bicyclic) bond motifs is 1. The number of rotatable bonds is 7. The van der Waals surface area contributed by atoms with Crippen LogP contribution in [0.25, 0.3) is 10.9 Å². The van der Waals surface area contributed by atoms with Crippen molar-refractivity contribution in [3.8, 4) is 0 Å². The van der Waals surface area contributed by atoms with E-state index in [2.05, 4.69) is 17.6 Å². The van der Waals surface area contributed by atoms with Crippen LogP contribution in [-0.4, -0.2) is 27.1 Å². The third-order valence-electron chi connectivity index (χ3n) is 3.10. The van der Waals surface area contributed by atoms with Gasteiger partial charge in [0.15, 0.2) is 0 Å². The SMILES string of the molecule is CCSCCCn1cc(CC(=O)O)c2ccccc21. The minimum Gasteiger partial charge on any atom is -0.481 e. The molecule has 0 aliphatic rings. The van der Waals surface area contributed by atoms with Crippen LogP contribution >= 0.6 is 11.8 Å². The first-order valence-electron chi connectivity index (χ1n) is 6.58. The van der Waals surface area contributed by atoms with E-state index in [4.69, 9.17) is 5.11 Å². The van der Waals surface area contributed by atoms with Crippen LogP contribution in [0.5, 0.6) is 0 Å². The Hall–Kier alpha value is -1.42. The predicted octanol–water partition coefficient (Wildman–Crippen LogP) is 3.41. The quantitative estimate of drug-likeness (QED) is 0.789. The molecule has 19 heavy (non-hydrogen) atoms. The van der Waals surface area contributed by atoms with Crippen molar-refractivity contribution >= 4 is 28.6 Å². The molecule has 0 radical (unpaired) electrons. The van der Waals surface area contributed by atoms with Crippen molar-refractivity contribution in [2.45, 2.75) is 26.3 Å². The second kappa shape index (κ2) is 6.66. The third-order valence-corrected chi connectivity index (χ3v) is 4.09. The van der Waals surface area contributed by atoms with Gasteiger partial charge in [-0.15, -0.1) is 0 Å². The molecule has 0 amide bonds. The Labute approximate surface area is 117 Å². The lowest BCUT2D eigenvalue weighted by Gasteiger charge is -2.04. The van der Waals surface area contributed by atoms with Crippen LogP contribution in [0.15, 0.2) is 30.5 Å². The van der Waals surface area contributed by atoms with Gasteiger partial charge in [0.05, 0.1) is 6.42 Å². The van der Waals surface area contributed by atoms with Crippen LogP contribution in [0.3, 0.4) is 0 Å². The zero-order chi connectivity index (χ0) is 13.7. The van der Waals surface area contributed by atoms with Crippen molar-refractivity contribution in [2.75, 3.05) is 11.5 Å². The van der Waals surface area contributed by atoms with Crippen LogP contribution < -0.4 is 0 Å². The normalized spacial score (nSPS) is 11.0. The summed E-state index contributed by atoms with van der Waals surface area (Å²) in [6, 6.07) is 8.04. The highest BCUT2D eigenvalue weighted by atomic mass is 32.2. The Morgan fingerprint density at radius 1 is 1.37 bits per heavy atom. The Bertz CT molecular complexity index is 562. The lowest BCUT2D eigenvalue weighted by atomic mass is 10.1. The summed E-state index contributed by atoms with van der Waals surface area (Å²) in [5.74, 6) is 1.53. The number of hydrogen-bond acceptors (Lipinski definition) is 2. The molecule has 2 rings (SSSR count). The molecule has 0 aliphatic carbocycles. The average molecular weight is 277 g/mol. The van der Waals surface area contributed by atoms with E-state index in [-0.39, 0.29) is 6.42 Å². The van der Waals surface area contributed by atoms with Crippen molar-refractivity contribution in [3.63, 3.8) is 0 Å². The van der Waals surface area contributed by atoms with Crippen molar-refractivity contribution in [3.05, 3.63) is 36.0 Å². The number of para-hydroxylation sites is 1. The van der Waals surface area contributed by atoms with E-state index in [9.17, 15) is 4.79 Å². The Kier molecular flexibility index (Phi) is 4.91. The van der Waals surface area contributed by atoms with Crippen LogP contribution in [0.1, 0.15) is 18.9 Å². The first-order valence-corrected chi connectivity index (χ1v) is 7.74. The van der Waals surface area contributed by atoms with Gasteiger partial charge >= 0.3 is 5.97 Å². The van der Waals surface area contributed by atoms with E-state index in [0.29, 0.717) is 0 Å². The van der Waals surface area contributed by atoms with Gasteiger partial charge in [0.25, 0.3) is 0 Å². The summed E-state index contributed by atoms with van der Waals surface area (Å²) in [6.45, 7) is 3.12. The zero-order valence-corrected chi connectivity index (χ0v) is 11.9. The topological polar surface area (TPSA) is 42.2 Å². The fourth-order valence-corrected chi connectivity index (χ4v) is 2.91. The van der Waals surface area contributed by atoms with Gasteiger partial charge in [-0.2, -0.15) is 11.8 Å². The molecule has 0 fully saturated rings. The molecule has 2 aromatic rings. The number of aryl methyl sites for hydroxylation is 1. The summed E-state index contributed by atoms with van der Waals surface area (Å²) >= 11 is 1.94. The maximum Gasteiger partial charge on any atom is 0.307 e. The minimum atomic E-state index is -0.774. The summed E-state index contributed by atoms with van der Waals surface area (Å²) in [6.07, 6.45) is 3.20. The van der Waals surface area contributed by atoms with Gasteiger partial charge < -0.3 is 9.67 Å². The molecule has 0 aliphatic heterocycles. The Morgan fingerprint density at radius 2 is 2.16 bits per heavy atom. The minimum absolute atomic E-state index is 0.0945. The molecule has 0 unspecified atom stereocenters. The van der Waals surface area contributed by atoms with Crippen molar-refractivity contribution in [1.29, 1.82) is 0 Å². The van der Waals surface area contributed by atoms with E-state index < -0.39 is 5.97 Å². The third kappa shape index (κ3) is 3.53. The second-order valence-electron chi connectivity index (χ2n) is 4.49. The lowest BCUT2D eigenvalue weighted by molar-refractivity contribution is -0.136. The van der Waals surface area contributed by atoms with E-state index in [0.717, 1.165) is 40.9 Å². The van der Waals surface area contributed by atoms with Gasteiger partial charge in [-0.05, 0) is 29.6 Å². The van der Waals surface area contributed by atoms with Crippen LogP contribution in [-0.2, 0) is 17.8 Å². The molecular formula is C15H19NO2S. The standard InChI is InChI=1S/C15H19NO2S/c1-2-19-9-5-8-16-11-12(10-15(17)18)13-6-3-4-7-14(13)16/h3-4,6-7,11H,2,5,8-10H2,1H3,(H,17,18). The highest BCUT2D eigenvalue weighted by Gasteiger charge is 2.10. The predicted molar refractivity (Wildman–Crippen MR) is 80.9 cm³/mol. The maximum atomic E-state index is 10.9. The molecule has 1 aromatic heterocycles. The molecule has 3 nitrogen and oxygen atoms in total. The van der Waals surface area contributed by atoms with E-state index in [1.54, 1.807) is 0 Å². The van der Waals surface area contributed by atoms with Crippen LogP contribution in [0, 0.1) is 0 Å². The highest BCUT2D eigenvalue weighted by Crippen LogP contribution is 2.22. The second-order valence-corrected chi connectivity index (χ2v) is 5.88. The molecule has 1 aromatic carbocycles.